The van der Waals surface area contributed by atoms with E-state index in [4.69, 9.17) is 4.74 Å². The van der Waals surface area contributed by atoms with Crippen LogP contribution in [-0.2, 0) is 17.6 Å². The minimum absolute atomic E-state index is 0.155. The largest absolute Gasteiger partial charge is 0.494 e. The van der Waals surface area contributed by atoms with Crippen molar-refractivity contribution in [2.45, 2.75) is 44.2 Å². The first-order valence-corrected chi connectivity index (χ1v) is 12.8. The highest BCUT2D eigenvalue weighted by atomic mass is 16.5. The molecule has 1 N–H and O–H groups in total. The van der Waals surface area contributed by atoms with Gasteiger partial charge in [-0.15, -0.1) is 0 Å². The van der Waals surface area contributed by atoms with Crippen LogP contribution < -0.4 is 10.1 Å². The van der Waals surface area contributed by atoms with Crippen LogP contribution in [0.4, 0.5) is 4.79 Å². The van der Waals surface area contributed by atoms with Crippen molar-refractivity contribution in [2.24, 2.45) is 0 Å². The van der Waals surface area contributed by atoms with Crippen LogP contribution in [0.25, 0.3) is 0 Å². The molecule has 36 heavy (non-hydrogen) atoms. The first-order chi connectivity index (χ1) is 17.6. The first kappa shape index (κ1) is 24.1. The van der Waals surface area contributed by atoms with Gasteiger partial charge >= 0.3 is 6.03 Å². The number of carbonyl (C=O) groups is 2. The monoisotopic (exact) mass is 483 g/mol. The number of nitrogens with zero attached hydrogens (tertiary/aromatic N) is 2. The van der Waals surface area contributed by atoms with Gasteiger partial charge in [-0.25, -0.2) is 9.69 Å². The molecule has 0 bridgehead atoms. The minimum atomic E-state index is -1.01. The van der Waals surface area contributed by atoms with Crippen LogP contribution in [0.2, 0.25) is 0 Å². The van der Waals surface area contributed by atoms with Gasteiger partial charge in [-0.2, -0.15) is 0 Å². The minimum Gasteiger partial charge on any atom is -0.494 e. The zero-order valence-corrected chi connectivity index (χ0v) is 20.7. The molecule has 2 aliphatic rings. The molecule has 1 unspecified atom stereocenters. The van der Waals surface area contributed by atoms with E-state index < -0.39 is 5.54 Å². The first-order valence-electron chi connectivity index (χ1n) is 12.8. The van der Waals surface area contributed by atoms with Crippen LogP contribution >= 0.6 is 0 Å². The van der Waals surface area contributed by atoms with Crippen molar-refractivity contribution in [2.75, 3.05) is 19.8 Å². The Labute approximate surface area is 212 Å². The Morgan fingerprint density at radius 2 is 1.50 bits per heavy atom. The molecule has 0 spiro atoms. The Hall–Kier alpha value is -3.64. The highest BCUT2D eigenvalue weighted by molar-refractivity contribution is 6.07. The molecule has 2 aliphatic heterocycles. The SMILES string of the molecule is CCOc1ccc(C2CCCN2CN2C(=O)NC(Cc3ccccc3)(Cc3ccccc3)C2=O)cc1. The average Bonchev–Trinajstić information content (AvgIpc) is 3.44. The van der Waals surface area contributed by atoms with Gasteiger partial charge in [-0.05, 0) is 48.6 Å². The Balaban J connectivity index is 1.38. The molecular weight excluding hydrogens is 450 g/mol. The Kier molecular flexibility index (Phi) is 7.05. The molecule has 2 heterocycles. The van der Waals surface area contributed by atoms with Crippen LogP contribution in [0.15, 0.2) is 84.9 Å². The van der Waals surface area contributed by atoms with Gasteiger partial charge in [0.25, 0.3) is 5.91 Å². The summed E-state index contributed by atoms with van der Waals surface area (Å²) < 4.78 is 5.59. The summed E-state index contributed by atoms with van der Waals surface area (Å²) in [5.74, 6) is 0.698. The molecule has 0 saturated carbocycles. The zero-order chi connectivity index (χ0) is 25.0. The number of nitrogens with one attached hydrogen (secondary N) is 1. The summed E-state index contributed by atoms with van der Waals surface area (Å²) in [6.07, 6.45) is 2.93. The lowest BCUT2D eigenvalue weighted by atomic mass is 9.84. The van der Waals surface area contributed by atoms with E-state index in [0.29, 0.717) is 19.4 Å². The lowest BCUT2D eigenvalue weighted by molar-refractivity contribution is -0.133. The molecule has 2 fully saturated rings. The third-order valence-corrected chi connectivity index (χ3v) is 7.21. The summed E-state index contributed by atoms with van der Waals surface area (Å²) in [6.45, 7) is 3.74. The van der Waals surface area contributed by atoms with Gasteiger partial charge in [0, 0.05) is 25.4 Å². The number of amides is 3. The maximum atomic E-state index is 14.0. The summed E-state index contributed by atoms with van der Waals surface area (Å²) in [4.78, 5) is 30.9. The molecular formula is C30H33N3O3. The second kappa shape index (κ2) is 10.5. The number of hydrogen-bond donors (Lipinski definition) is 1. The van der Waals surface area contributed by atoms with Crippen molar-refractivity contribution in [1.29, 1.82) is 0 Å². The second-order valence-electron chi connectivity index (χ2n) is 9.68. The van der Waals surface area contributed by atoms with E-state index in [-0.39, 0.29) is 24.6 Å². The Morgan fingerprint density at radius 3 is 2.08 bits per heavy atom. The normalized spacial score (nSPS) is 19.5. The summed E-state index contributed by atoms with van der Waals surface area (Å²) >= 11 is 0. The van der Waals surface area contributed by atoms with E-state index in [2.05, 4.69) is 22.3 Å². The van der Waals surface area contributed by atoms with Gasteiger partial charge in [-0.1, -0.05) is 72.8 Å². The standard InChI is InChI=1S/C30H33N3O3/c1-2-36-26-17-15-25(16-18-26)27-14-9-19-32(27)22-33-28(34)30(31-29(33)35,20-23-10-5-3-6-11-23)21-24-12-7-4-8-13-24/h3-8,10-13,15-18,27H,2,9,14,19-22H2,1H3,(H,31,35). The van der Waals surface area contributed by atoms with E-state index in [1.165, 1.54) is 10.5 Å². The molecule has 0 aromatic heterocycles. The zero-order valence-electron chi connectivity index (χ0n) is 20.7. The third-order valence-electron chi connectivity index (χ3n) is 7.21. The summed E-state index contributed by atoms with van der Waals surface area (Å²) in [5, 5.41) is 3.11. The maximum absolute atomic E-state index is 14.0. The van der Waals surface area contributed by atoms with Crippen molar-refractivity contribution in [3.05, 3.63) is 102 Å². The summed E-state index contributed by atoms with van der Waals surface area (Å²) in [6, 6.07) is 27.9. The molecule has 3 aromatic carbocycles. The number of hydrogen-bond acceptors (Lipinski definition) is 4. The molecule has 6 nitrogen and oxygen atoms in total. The van der Waals surface area contributed by atoms with Crippen molar-refractivity contribution in [1.82, 2.24) is 15.1 Å². The van der Waals surface area contributed by atoms with E-state index in [1.54, 1.807) is 0 Å². The molecule has 5 rings (SSSR count). The van der Waals surface area contributed by atoms with Gasteiger partial charge in [-0.3, -0.25) is 9.69 Å². The molecule has 6 heteroatoms. The van der Waals surface area contributed by atoms with Crippen molar-refractivity contribution in [3.63, 3.8) is 0 Å². The van der Waals surface area contributed by atoms with Crippen molar-refractivity contribution < 1.29 is 14.3 Å². The number of urea groups is 1. The van der Waals surface area contributed by atoms with Gasteiger partial charge < -0.3 is 10.1 Å². The van der Waals surface area contributed by atoms with E-state index in [0.717, 1.165) is 36.3 Å². The van der Waals surface area contributed by atoms with Crippen LogP contribution in [0.5, 0.6) is 5.75 Å². The molecule has 3 amide bonds. The van der Waals surface area contributed by atoms with Gasteiger partial charge in [0.2, 0.25) is 0 Å². The summed E-state index contributed by atoms with van der Waals surface area (Å²) in [5.41, 5.74) is 2.23. The maximum Gasteiger partial charge on any atom is 0.326 e. The fraction of sp³-hybridized carbons (Fsp3) is 0.333. The topological polar surface area (TPSA) is 61.9 Å². The van der Waals surface area contributed by atoms with E-state index in [9.17, 15) is 9.59 Å². The number of benzene rings is 3. The fourth-order valence-electron chi connectivity index (χ4n) is 5.50. The number of imide groups is 1. The number of rotatable bonds is 9. The van der Waals surface area contributed by atoms with Crippen LogP contribution in [-0.4, -0.2) is 47.1 Å². The number of ether oxygens (including phenoxy) is 1. The molecule has 1 atom stereocenters. The highest BCUT2D eigenvalue weighted by Crippen LogP contribution is 2.34. The van der Waals surface area contributed by atoms with E-state index >= 15 is 0 Å². The second-order valence-corrected chi connectivity index (χ2v) is 9.68. The van der Waals surface area contributed by atoms with Crippen molar-refractivity contribution in [3.8, 4) is 5.75 Å². The van der Waals surface area contributed by atoms with Crippen LogP contribution in [0.3, 0.4) is 0 Å². The lowest BCUT2D eigenvalue weighted by Crippen LogP contribution is -2.51. The average molecular weight is 484 g/mol. The highest BCUT2D eigenvalue weighted by Gasteiger charge is 2.51. The Morgan fingerprint density at radius 1 is 0.889 bits per heavy atom. The molecule has 186 valence electrons. The number of likely N-dealkylation sites (tertiary alicyclic amines) is 1. The molecule has 2 saturated heterocycles. The number of carbonyl (C=O) groups excluding carboxylic acids is 2. The third kappa shape index (κ3) is 5.00. The van der Waals surface area contributed by atoms with Gasteiger partial charge in [0.15, 0.2) is 0 Å². The quantitative estimate of drug-likeness (QED) is 0.437. The smallest absolute Gasteiger partial charge is 0.326 e. The van der Waals surface area contributed by atoms with Gasteiger partial charge in [0.05, 0.1) is 13.3 Å². The Bertz CT molecular complexity index is 1140. The molecule has 0 aliphatic carbocycles. The molecule has 3 aromatic rings. The van der Waals surface area contributed by atoms with Crippen LogP contribution in [0, 0.1) is 0 Å². The predicted octanol–water partition coefficient (Wildman–Crippen LogP) is 4.96. The fourth-order valence-corrected chi connectivity index (χ4v) is 5.50. The summed E-state index contributed by atoms with van der Waals surface area (Å²) in [7, 11) is 0. The lowest BCUT2D eigenvalue weighted by Gasteiger charge is -2.30. The molecule has 0 radical (unpaired) electrons. The predicted molar refractivity (Wildman–Crippen MR) is 140 cm³/mol. The van der Waals surface area contributed by atoms with Crippen molar-refractivity contribution >= 4 is 11.9 Å². The van der Waals surface area contributed by atoms with Gasteiger partial charge in [0.1, 0.15) is 11.3 Å². The van der Waals surface area contributed by atoms with E-state index in [1.807, 2.05) is 79.7 Å². The van der Waals surface area contributed by atoms with Crippen LogP contribution in [0.1, 0.15) is 42.5 Å².